The number of carbonyl (C=O) groups is 1. The first kappa shape index (κ1) is 21.8. The molecule has 2 heterocycles. The molecule has 1 aromatic heterocycles. The average Bonchev–Trinajstić information content (AvgIpc) is 3.32. The summed E-state index contributed by atoms with van der Waals surface area (Å²) >= 11 is 0. The van der Waals surface area contributed by atoms with Gasteiger partial charge in [0.2, 0.25) is 10.0 Å². The molecule has 0 radical (unpaired) electrons. The van der Waals surface area contributed by atoms with Gasteiger partial charge in [0, 0.05) is 37.3 Å². The van der Waals surface area contributed by atoms with Crippen molar-refractivity contribution in [3.05, 3.63) is 83.9 Å². The summed E-state index contributed by atoms with van der Waals surface area (Å²) in [7, 11) is -3.82. The Morgan fingerprint density at radius 1 is 0.941 bits per heavy atom. The van der Waals surface area contributed by atoms with Gasteiger partial charge in [-0.1, -0.05) is 47.6 Å². The second-order valence-electron chi connectivity index (χ2n) is 7.91. The summed E-state index contributed by atoms with van der Waals surface area (Å²) in [5, 5.41) is 14.1. The number of carbonyl (C=O) groups excluding carboxylic acids is 1. The van der Waals surface area contributed by atoms with Crippen LogP contribution in [0.3, 0.4) is 0 Å². The fourth-order valence-corrected chi connectivity index (χ4v) is 5.67. The molecule has 0 unspecified atom stereocenters. The Morgan fingerprint density at radius 3 is 2.38 bits per heavy atom. The summed E-state index contributed by atoms with van der Waals surface area (Å²) in [6.45, 7) is 0.803. The van der Waals surface area contributed by atoms with E-state index in [2.05, 4.69) is 5.16 Å². The third kappa shape index (κ3) is 3.83. The number of amides is 1. The van der Waals surface area contributed by atoms with E-state index < -0.39 is 10.0 Å². The lowest BCUT2D eigenvalue weighted by Crippen LogP contribution is -2.50. The lowest BCUT2D eigenvalue weighted by atomic mass is 10.1. The molecule has 9 heteroatoms. The molecule has 0 N–H and O–H groups in total. The Morgan fingerprint density at radius 2 is 1.65 bits per heavy atom. The molecule has 1 aliphatic heterocycles. The molecule has 0 saturated carbocycles. The first-order chi connectivity index (χ1) is 16.5. The van der Waals surface area contributed by atoms with Crippen molar-refractivity contribution in [1.82, 2.24) is 14.4 Å². The fraction of sp³-hybridized carbons (Fsp3) is 0.160. The number of rotatable bonds is 4. The summed E-state index contributed by atoms with van der Waals surface area (Å²) in [6, 6.07) is 22.8. The van der Waals surface area contributed by atoms with Crippen molar-refractivity contribution in [2.24, 2.45) is 0 Å². The van der Waals surface area contributed by atoms with E-state index in [9.17, 15) is 18.5 Å². The van der Waals surface area contributed by atoms with Crippen molar-refractivity contribution in [2.45, 2.75) is 4.90 Å². The molecule has 1 amide bonds. The van der Waals surface area contributed by atoms with E-state index in [1.807, 2.05) is 36.4 Å². The Kier molecular flexibility index (Phi) is 5.61. The zero-order chi connectivity index (χ0) is 23.7. The maximum atomic E-state index is 13.2. The van der Waals surface area contributed by atoms with Gasteiger partial charge in [0.25, 0.3) is 5.91 Å². The first-order valence-corrected chi connectivity index (χ1v) is 12.2. The van der Waals surface area contributed by atoms with Crippen LogP contribution in [-0.4, -0.2) is 54.9 Å². The second kappa shape index (κ2) is 8.74. The largest absolute Gasteiger partial charge is 0.355 e. The molecule has 3 aromatic carbocycles. The highest BCUT2D eigenvalue weighted by molar-refractivity contribution is 7.89. The quantitative estimate of drug-likeness (QED) is 0.450. The Balaban J connectivity index is 1.35. The number of hydrogen-bond donors (Lipinski definition) is 0. The van der Waals surface area contributed by atoms with E-state index in [4.69, 9.17) is 4.52 Å². The zero-order valence-corrected chi connectivity index (χ0v) is 18.9. The molecule has 4 aromatic rings. The predicted octanol–water partition coefficient (Wildman–Crippen LogP) is 3.51. The van der Waals surface area contributed by atoms with Gasteiger partial charge in [-0.2, -0.15) is 9.57 Å². The minimum absolute atomic E-state index is 0.0105. The van der Waals surface area contributed by atoms with Crippen LogP contribution >= 0.6 is 0 Å². The van der Waals surface area contributed by atoms with Crippen LogP contribution in [0.2, 0.25) is 0 Å². The highest BCUT2D eigenvalue weighted by atomic mass is 32.2. The Bertz CT molecular complexity index is 1520. The molecular weight excluding hydrogens is 452 g/mol. The van der Waals surface area contributed by atoms with Crippen LogP contribution in [-0.2, 0) is 10.0 Å². The molecule has 0 atom stereocenters. The van der Waals surface area contributed by atoms with Gasteiger partial charge < -0.3 is 9.42 Å². The molecule has 1 aliphatic rings. The molecule has 5 rings (SSSR count). The van der Waals surface area contributed by atoms with Gasteiger partial charge in [-0.05, 0) is 30.3 Å². The molecule has 0 spiro atoms. The van der Waals surface area contributed by atoms with E-state index >= 15 is 0 Å². The van der Waals surface area contributed by atoms with E-state index in [0.717, 1.165) is 10.9 Å². The normalized spacial score (nSPS) is 14.7. The monoisotopic (exact) mass is 472 g/mol. The molecule has 170 valence electrons. The third-order valence-electron chi connectivity index (χ3n) is 5.91. The van der Waals surface area contributed by atoms with Crippen molar-refractivity contribution in [3.63, 3.8) is 0 Å². The van der Waals surface area contributed by atoms with Gasteiger partial charge in [0.1, 0.15) is 11.6 Å². The molecule has 1 fully saturated rings. The number of aromatic nitrogens is 1. The summed E-state index contributed by atoms with van der Waals surface area (Å²) in [6.07, 6.45) is 0. The zero-order valence-electron chi connectivity index (χ0n) is 18.1. The van der Waals surface area contributed by atoms with Crippen molar-refractivity contribution >= 4 is 26.8 Å². The van der Waals surface area contributed by atoms with Crippen molar-refractivity contribution < 1.29 is 17.7 Å². The van der Waals surface area contributed by atoms with Crippen LogP contribution < -0.4 is 0 Å². The van der Waals surface area contributed by atoms with Crippen LogP contribution in [0, 0.1) is 11.3 Å². The average molecular weight is 473 g/mol. The Hall–Kier alpha value is -4.00. The van der Waals surface area contributed by atoms with E-state index in [1.165, 1.54) is 16.4 Å². The minimum Gasteiger partial charge on any atom is -0.355 e. The highest BCUT2D eigenvalue weighted by Crippen LogP contribution is 2.30. The number of sulfonamides is 1. The molecular formula is C25H20N4O4S. The predicted molar refractivity (Wildman–Crippen MR) is 125 cm³/mol. The van der Waals surface area contributed by atoms with Gasteiger partial charge in [0.15, 0.2) is 5.76 Å². The number of benzene rings is 3. The van der Waals surface area contributed by atoms with Crippen molar-refractivity contribution in [2.75, 3.05) is 26.2 Å². The van der Waals surface area contributed by atoms with Crippen molar-refractivity contribution in [3.8, 4) is 17.4 Å². The highest BCUT2D eigenvalue weighted by Gasteiger charge is 2.32. The standard InChI is InChI=1S/C25H20N4O4S/c26-17-20-8-4-5-9-23(20)34(31,32)29-14-12-28(13-15-29)25(30)19-10-11-22-21(16-19)24(33-27-22)18-6-2-1-3-7-18/h1-11,16H,12-15H2. The van der Waals surface area contributed by atoms with Gasteiger partial charge in [-0.15, -0.1) is 0 Å². The maximum absolute atomic E-state index is 13.2. The summed E-state index contributed by atoms with van der Waals surface area (Å²) in [4.78, 5) is 14.8. The lowest BCUT2D eigenvalue weighted by molar-refractivity contribution is 0.0698. The Labute approximate surface area is 196 Å². The van der Waals surface area contributed by atoms with Crippen molar-refractivity contribution in [1.29, 1.82) is 5.26 Å². The number of piperazine rings is 1. The summed E-state index contributed by atoms with van der Waals surface area (Å²) in [5.41, 5.74) is 2.12. The summed E-state index contributed by atoms with van der Waals surface area (Å²) in [5.74, 6) is 0.411. The number of nitriles is 1. The van der Waals surface area contributed by atoms with E-state index in [1.54, 1.807) is 35.2 Å². The molecule has 0 aliphatic carbocycles. The first-order valence-electron chi connectivity index (χ1n) is 10.7. The second-order valence-corrected chi connectivity index (χ2v) is 9.82. The van der Waals surface area contributed by atoms with Crippen LogP contribution in [0.1, 0.15) is 15.9 Å². The smallest absolute Gasteiger partial charge is 0.253 e. The van der Waals surface area contributed by atoms with Crippen LogP contribution in [0.4, 0.5) is 0 Å². The molecule has 0 bridgehead atoms. The van der Waals surface area contributed by atoms with E-state index in [-0.39, 0.29) is 42.5 Å². The number of nitrogens with zero attached hydrogens (tertiary/aromatic N) is 4. The topological polar surface area (TPSA) is 108 Å². The number of fused-ring (bicyclic) bond motifs is 1. The molecule has 8 nitrogen and oxygen atoms in total. The van der Waals surface area contributed by atoms with E-state index in [0.29, 0.717) is 16.8 Å². The van der Waals surface area contributed by atoms with Crippen LogP contribution in [0.5, 0.6) is 0 Å². The van der Waals surface area contributed by atoms with Crippen LogP contribution in [0.25, 0.3) is 22.2 Å². The summed E-state index contributed by atoms with van der Waals surface area (Å²) < 4.78 is 33.0. The van der Waals surface area contributed by atoms with Gasteiger partial charge in [-0.3, -0.25) is 4.79 Å². The lowest BCUT2D eigenvalue weighted by Gasteiger charge is -2.34. The maximum Gasteiger partial charge on any atom is 0.253 e. The van der Waals surface area contributed by atoms with Gasteiger partial charge in [-0.25, -0.2) is 8.42 Å². The van der Waals surface area contributed by atoms with Gasteiger partial charge >= 0.3 is 0 Å². The third-order valence-corrected chi connectivity index (χ3v) is 7.87. The van der Waals surface area contributed by atoms with Crippen LogP contribution in [0.15, 0.2) is 82.2 Å². The fourth-order valence-electron chi connectivity index (χ4n) is 4.11. The number of hydrogen-bond acceptors (Lipinski definition) is 6. The van der Waals surface area contributed by atoms with Gasteiger partial charge in [0.05, 0.1) is 15.8 Å². The minimum atomic E-state index is -3.82. The SMILES string of the molecule is N#Cc1ccccc1S(=O)(=O)N1CCN(C(=O)c2ccc3noc(-c4ccccc4)c3c2)CC1. The molecule has 34 heavy (non-hydrogen) atoms. The molecule has 1 saturated heterocycles.